The Labute approximate surface area is 111 Å². The number of fused-ring (bicyclic) bond motifs is 1. The molecule has 20 heavy (non-hydrogen) atoms. The van der Waals surface area contributed by atoms with Crippen LogP contribution in [0.25, 0.3) is 16.8 Å². The molecule has 102 valence electrons. The standard InChI is InChI=1S/C13H8F3N3O/c14-13(15,16)20-11-4-1-9(2-5-11)10-3-6-12-18-17-8-19(12)7-10/h1-8H. The molecule has 3 aromatic rings. The van der Waals surface area contributed by atoms with Gasteiger partial charge in [0.05, 0.1) is 0 Å². The number of hydrogen-bond acceptors (Lipinski definition) is 3. The highest BCUT2D eigenvalue weighted by Gasteiger charge is 2.30. The molecule has 0 amide bonds. The highest BCUT2D eigenvalue weighted by Crippen LogP contribution is 2.26. The van der Waals surface area contributed by atoms with Gasteiger partial charge in [-0.3, -0.25) is 4.40 Å². The first-order valence-corrected chi connectivity index (χ1v) is 5.67. The molecule has 0 saturated carbocycles. The molecular weight excluding hydrogens is 271 g/mol. The van der Waals surface area contributed by atoms with Gasteiger partial charge >= 0.3 is 6.36 Å². The number of hydrogen-bond donors (Lipinski definition) is 0. The van der Waals surface area contributed by atoms with Crippen molar-refractivity contribution in [3.05, 3.63) is 48.9 Å². The maximum Gasteiger partial charge on any atom is 0.573 e. The maximum absolute atomic E-state index is 12.1. The minimum atomic E-state index is -4.68. The molecule has 0 radical (unpaired) electrons. The third-order valence-corrected chi connectivity index (χ3v) is 2.71. The largest absolute Gasteiger partial charge is 0.573 e. The summed E-state index contributed by atoms with van der Waals surface area (Å²) in [4.78, 5) is 0. The van der Waals surface area contributed by atoms with E-state index >= 15 is 0 Å². The lowest BCUT2D eigenvalue weighted by Gasteiger charge is -2.09. The predicted molar refractivity (Wildman–Crippen MR) is 65.1 cm³/mol. The average Bonchev–Trinajstić information content (AvgIpc) is 2.85. The summed E-state index contributed by atoms with van der Waals surface area (Å²) < 4.78 is 41.7. The second-order valence-corrected chi connectivity index (χ2v) is 4.09. The van der Waals surface area contributed by atoms with Crippen LogP contribution in [0.5, 0.6) is 5.75 Å². The van der Waals surface area contributed by atoms with E-state index in [-0.39, 0.29) is 5.75 Å². The summed E-state index contributed by atoms with van der Waals surface area (Å²) in [5.74, 6) is -0.244. The molecule has 0 unspecified atom stereocenters. The Bertz CT molecular complexity index is 734. The Hall–Kier alpha value is -2.57. The zero-order valence-electron chi connectivity index (χ0n) is 10.0. The van der Waals surface area contributed by atoms with E-state index in [9.17, 15) is 13.2 Å². The molecular formula is C13H8F3N3O. The summed E-state index contributed by atoms with van der Waals surface area (Å²) in [7, 11) is 0. The van der Waals surface area contributed by atoms with Gasteiger partial charge in [0.25, 0.3) is 0 Å². The third kappa shape index (κ3) is 2.56. The van der Waals surface area contributed by atoms with Crippen LogP contribution in [0.15, 0.2) is 48.9 Å². The topological polar surface area (TPSA) is 39.4 Å². The van der Waals surface area contributed by atoms with Crippen molar-refractivity contribution < 1.29 is 17.9 Å². The summed E-state index contributed by atoms with van der Waals surface area (Å²) in [6.45, 7) is 0. The van der Waals surface area contributed by atoms with Gasteiger partial charge in [0.2, 0.25) is 0 Å². The van der Waals surface area contributed by atoms with Crippen molar-refractivity contribution in [1.29, 1.82) is 0 Å². The Morgan fingerprint density at radius 2 is 1.65 bits per heavy atom. The third-order valence-electron chi connectivity index (χ3n) is 2.71. The van der Waals surface area contributed by atoms with Crippen molar-refractivity contribution in [3.8, 4) is 16.9 Å². The molecule has 1 aromatic carbocycles. The van der Waals surface area contributed by atoms with E-state index < -0.39 is 6.36 Å². The zero-order valence-corrected chi connectivity index (χ0v) is 10.0. The molecule has 2 heterocycles. The molecule has 0 atom stereocenters. The van der Waals surface area contributed by atoms with E-state index in [4.69, 9.17) is 0 Å². The molecule has 0 spiro atoms. The number of halogens is 3. The summed E-state index contributed by atoms with van der Waals surface area (Å²) >= 11 is 0. The van der Waals surface area contributed by atoms with Crippen LogP contribution in [0.2, 0.25) is 0 Å². The maximum atomic E-state index is 12.1. The van der Waals surface area contributed by atoms with Gasteiger partial charge in [-0.15, -0.1) is 23.4 Å². The van der Waals surface area contributed by atoms with E-state index in [1.165, 1.54) is 12.1 Å². The normalized spacial score (nSPS) is 11.8. The fraction of sp³-hybridized carbons (Fsp3) is 0.0769. The molecule has 0 aliphatic heterocycles. The van der Waals surface area contributed by atoms with Crippen LogP contribution in [0.1, 0.15) is 0 Å². The van der Waals surface area contributed by atoms with Crippen molar-refractivity contribution in [2.45, 2.75) is 6.36 Å². The first-order valence-electron chi connectivity index (χ1n) is 5.67. The van der Waals surface area contributed by atoms with E-state index in [0.717, 1.165) is 11.1 Å². The van der Waals surface area contributed by atoms with Gasteiger partial charge in [-0.1, -0.05) is 12.1 Å². The van der Waals surface area contributed by atoms with Crippen molar-refractivity contribution in [1.82, 2.24) is 14.6 Å². The molecule has 0 fully saturated rings. The molecule has 0 aliphatic carbocycles. The first kappa shape index (κ1) is 12.5. The first-order chi connectivity index (χ1) is 9.51. The predicted octanol–water partition coefficient (Wildman–Crippen LogP) is 3.29. The lowest BCUT2D eigenvalue weighted by atomic mass is 10.1. The Kier molecular flexibility index (Phi) is 2.81. The molecule has 4 nitrogen and oxygen atoms in total. The number of rotatable bonds is 2. The highest BCUT2D eigenvalue weighted by atomic mass is 19.4. The smallest absolute Gasteiger partial charge is 0.406 e. The van der Waals surface area contributed by atoms with Crippen molar-refractivity contribution in [3.63, 3.8) is 0 Å². The summed E-state index contributed by atoms with van der Waals surface area (Å²) in [5, 5.41) is 7.63. The molecule has 3 rings (SSSR count). The van der Waals surface area contributed by atoms with Crippen LogP contribution < -0.4 is 4.74 Å². The lowest BCUT2D eigenvalue weighted by Crippen LogP contribution is -2.16. The van der Waals surface area contributed by atoms with Crippen LogP contribution in [0.3, 0.4) is 0 Å². The number of aromatic nitrogens is 3. The molecule has 7 heteroatoms. The molecule has 2 aromatic heterocycles. The number of benzene rings is 1. The monoisotopic (exact) mass is 279 g/mol. The van der Waals surface area contributed by atoms with E-state index in [1.807, 2.05) is 6.07 Å². The Morgan fingerprint density at radius 1 is 0.950 bits per heavy atom. The van der Waals surface area contributed by atoms with E-state index in [1.54, 1.807) is 35.1 Å². The zero-order chi connectivity index (χ0) is 14.2. The van der Waals surface area contributed by atoms with E-state index in [0.29, 0.717) is 5.65 Å². The SMILES string of the molecule is FC(F)(F)Oc1ccc(-c2ccc3nncn3c2)cc1. The fourth-order valence-corrected chi connectivity index (χ4v) is 1.85. The number of alkyl halides is 3. The highest BCUT2D eigenvalue weighted by molar-refractivity contribution is 5.65. The molecule has 0 saturated heterocycles. The van der Waals surface area contributed by atoms with Crippen LogP contribution in [-0.4, -0.2) is 21.0 Å². The summed E-state index contributed by atoms with van der Waals surface area (Å²) in [6.07, 6.45) is -1.32. The second-order valence-electron chi connectivity index (χ2n) is 4.09. The summed E-state index contributed by atoms with van der Waals surface area (Å²) in [6, 6.07) is 9.28. The molecule has 0 bridgehead atoms. The molecule has 0 N–H and O–H groups in total. The van der Waals surface area contributed by atoms with Crippen LogP contribution in [0, 0.1) is 0 Å². The van der Waals surface area contributed by atoms with Gasteiger partial charge in [0.15, 0.2) is 5.65 Å². The van der Waals surface area contributed by atoms with Crippen molar-refractivity contribution >= 4 is 5.65 Å². The van der Waals surface area contributed by atoms with Crippen LogP contribution >= 0.6 is 0 Å². The fourth-order valence-electron chi connectivity index (χ4n) is 1.85. The average molecular weight is 279 g/mol. The minimum Gasteiger partial charge on any atom is -0.406 e. The number of pyridine rings is 1. The Balaban J connectivity index is 1.90. The van der Waals surface area contributed by atoms with E-state index in [2.05, 4.69) is 14.9 Å². The molecule has 0 aliphatic rings. The Morgan fingerprint density at radius 3 is 2.35 bits per heavy atom. The van der Waals surface area contributed by atoms with Crippen molar-refractivity contribution in [2.75, 3.05) is 0 Å². The number of nitrogens with zero attached hydrogens (tertiary/aromatic N) is 3. The van der Waals surface area contributed by atoms with Gasteiger partial charge in [0.1, 0.15) is 12.1 Å². The van der Waals surface area contributed by atoms with Crippen LogP contribution in [0.4, 0.5) is 13.2 Å². The van der Waals surface area contributed by atoms with Gasteiger partial charge in [-0.05, 0) is 35.4 Å². The van der Waals surface area contributed by atoms with Gasteiger partial charge in [-0.25, -0.2) is 0 Å². The second kappa shape index (κ2) is 4.52. The van der Waals surface area contributed by atoms with Gasteiger partial charge in [0, 0.05) is 6.20 Å². The quantitative estimate of drug-likeness (QED) is 0.722. The minimum absolute atomic E-state index is 0.244. The van der Waals surface area contributed by atoms with Crippen LogP contribution in [-0.2, 0) is 0 Å². The lowest BCUT2D eigenvalue weighted by molar-refractivity contribution is -0.274. The van der Waals surface area contributed by atoms with Crippen molar-refractivity contribution in [2.24, 2.45) is 0 Å². The number of ether oxygens (including phenoxy) is 1. The van der Waals surface area contributed by atoms with Gasteiger partial charge < -0.3 is 4.74 Å². The van der Waals surface area contributed by atoms with Gasteiger partial charge in [-0.2, -0.15) is 0 Å². The summed E-state index contributed by atoms with van der Waals surface area (Å²) in [5.41, 5.74) is 2.32.